The second-order valence-electron chi connectivity index (χ2n) is 6.18. The van der Waals surface area contributed by atoms with E-state index in [2.05, 4.69) is 4.98 Å². The zero-order valence-electron chi connectivity index (χ0n) is 13.2. The third-order valence-corrected chi connectivity index (χ3v) is 4.35. The lowest BCUT2D eigenvalue weighted by molar-refractivity contribution is -0.184. The fraction of sp³-hybridized carbons (Fsp3) is 0.412. The number of likely N-dealkylation sites (tertiary alicyclic amines) is 1. The van der Waals surface area contributed by atoms with Gasteiger partial charge in [0.25, 0.3) is 5.91 Å². The van der Waals surface area contributed by atoms with Crippen LogP contribution in [-0.4, -0.2) is 40.6 Å². The number of carbonyl (C=O) groups excluding carboxylic acids is 1. The molecule has 2 atom stereocenters. The summed E-state index contributed by atoms with van der Waals surface area (Å²) in [6.45, 7) is 1.67. The predicted octanol–water partition coefficient (Wildman–Crippen LogP) is 3.04. The average molecular weight is 337 g/mol. The number of rotatable bonds is 1. The molecule has 1 aromatic carbocycles. The Bertz CT molecular complexity index is 775. The highest BCUT2D eigenvalue weighted by atomic mass is 19.4. The van der Waals surface area contributed by atoms with Gasteiger partial charge in [-0.3, -0.25) is 9.78 Å². The number of pyridine rings is 1. The fourth-order valence-electron chi connectivity index (χ4n) is 3.14. The Balaban J connectivity index is 2.05. The van der Waals surface area contributed by atoms with E-state index in [1.165, 1.54) is 6.07 Å². The van der Waals surface area contributed by atoms with E-state index in [1.54, 1.807) is 31.2 Å². The van der Waals surface area contributed by atoms with E-state index in [1.807, 2.05) is 0 Å². The van der Waals surface area contributed by atoms with Gasteiger partial charge in [-0.2, -0.15) is 13.2 Å². The summed E-state index contributed by atoms with van der Waals surface area (Å²) in [7, 11) is 0. The zero-order chi connectivity index (χ0) is 17.5. The summed E-state index contributed by atoms with van der Waals surface area (Å²) in [5.74, 6) is -0.670. The number of hydrogen-bond acceptors (Lipinski definition) is 3. The summed E-state index contributed by atoms with van der Waals surface area (Å²) in [5.41, 5.74) is 7.11. The lowest BCUT2D eigenvalue weighted by Crippen LogP contribution is -2.56. The maximum Gasteiger partial charge on any atom is 0.408 e. The molecule has 0 bridgehead atoms. The van der Waals surface area contributed by atoms with Crippen LogP contribution in [-0.2, 0) is 0 Å². The van der Waals surface area contributed by atoms with Crippen molar-refractivity contribution >= 4 is 16.8 Å². The quantitative estimate of drug-likeness (QED) is 0.870. The molecule has 24 heavy (non-hydrogen) atoms. The van der Waals surface area contributed by atoms with Crippen LogP contribution >= 0.6 is 0 Å². The molecule has 1 amide bonds. The van der Waals surface area contributed by atoms with Crippen molar-refractivity contribution in [3.63, 3.8) is 0 Å². The summed E-state index contributed by atoms with van der Waals surface area (Å²) >= 11 is 0. The van der Waals surface area contributed by atoms with Crippen molar-refractivity contribution in [2.75, 3.05) is 6.54 Å². The summed E-state index contributed by atoms with van der Waals surface area (Å²) < 4.78 is 40.0. The first-order valence-electron chi connectivity index (χ1n) is 7.77. The number of nitrogens with two attached hydrogens (primary N) is 1. The molecule has 0 unspecified atom stereocenters. The summed E-state index contributed by atoms with van der Waals surface area (Å²) in [5, 5.41) is 0.719. The monoisotopic (exact) mass is 337 g/mol. The molecule has 128 valence electrons. The summed E-state index contributed by atoms with van der Waals surface area (Å²) in [6, 6.07) is 6.30. The Labute approximate surface area is 137 Å². The molecule has 0 saturated carbocycles. The number of amides is 1. The molecule has 1 aromatic heterocycles. The highest BCUT2D eigenvalue weighted by Gasteiger charge is 2.47. The number of alkyl halides is 3. The number of para-hydroxylation sites is 1. The zero-order valence-corrected chi connectivity index (χ0v) is 13.2. The minimum absolute atomic E-state index is 0.106. The van der Waals surface area contributed by atoms with Gasteiger partial charge in [-0.25, -0.2) is 0 Å². The number of carbonyl (C=O) groups is 1. The summed E-state index contributed by atoms with van der Waals surface area (Å²) in [4.78, 5) is 18.0. The second-order valence-corrected chi connectivity index (χ2v) is 6.18. The molecule has 1 saturated heterocycles. The van der Waals surface area contributed by atoms with Gasteiger partial charge in [-0.05, 0) is 31.9 Å². The first kappa shape index (κ1) is 16.7. The number of hydrogen-bond donors (Lipinski definition) is 1. The molecular formula is C17H18F3N3O. The third kappa shape index (κ3) is 3.08. The van der Waals surface area contributed by atoms with E-state index in [0.717, 1.165) is 10.3 Å². The van der Waals surface area contributed by atoms with Crippen LogP contribution in [0.1, 0.15) is 28.9 Å². The van der Waals surface area contributed by atoms with Crippen LogP contribution in [0.5, 0.6) is 0 Å². The number of benzene rings is 1. The molecule has 1 aliphatic heterocycles. The Morgan fingerprint density at radius 2 is 2.00 bits per heavy atom. The lowest BCUT2D eigenvalue weighted by Gasteiger charge is -2.39. The number of fused-ring (bicyclic) bond motifs is 1. The largest absolute Gasteiger partial charge is 0.408 e. The van der Waals surface area contributed by atoms with Gasteiger partial charge in [0, 0.05) is 23.7 Å². The molecule has 7 heteroatoms. The van der Waals surface area contributed by atoms with Gasteiger partial charge in [-0.1, -0.05) is 18.2 Å². The van der Waals surface area contributed by atoms with Crippen molar-refractivity contribution < 1.29 is 18.0 Å². The Kier molecular flexibility index (Phi) is 4.21. The maximum absolute atomic E-state index is 13.3. The average Bonchev–Trinajstić information content (AvgIpc) is 2.52. The molecular weight excluding hydrogens is 319 g/mol. The Morgan fingerprint density at radius 3 is 2.71 bits per heavy atom. The van der Waals surface area contributed by atoms with Crippen LogP contribution in [0.25, 0.3) is 10.9 Å². The Morgan fingerprint density at radius 1 is 1.25 bits per heavy atom. The van der Waals surface area contributed by atoms with E-state index in [4.69, 9.17) is 5.73 Å². The molecule has 3 rings (SSSR count). The van der Waals surface area contributed by atoms with Crippen molar-refractivity contribution in [1.29, 1.82) is 0 Å². The number of piperidine rings is 1. The Hall–Kier alpha value is -2.15. The van der Waals surface area contributed by atoms with E-state index < -0.39 is 24.2 Å². The molecule has 0 spiro atoms. The highest BCUT2D eigenvalue weighted by Crippen LogP contribution is 2.33. The van der Waals surface area contributed by atoms with Gasteiger partial charge in [0.15, 0.2) is 0 Å². The van der Waals surface area contributed by atoms with Crippen molar-refractivity contribution in [2.24, 2.45) is 5.73 Å². The lowest BCUT2D eigenvalue weighted by atomic mass is 9.96. The third-order valence-electron chi connectivity index (χ3n) is 4.35. The van der Waals surface area contributed by atoms with E-state index >= 15 is 0 Å². The summed E-state index contributed by atoms with van der Waals surface area (Å²) in [6.07, 6.45) is -4.39. The molecule has 4 nitrogen and oxygen atoms in total. The molecule has 1 aliphatic rings. The molecule has 2 N–H and O–H groups in total. The van der Waals surface area contributed by atoms with Gasteiger partial charge in [-0.15, -0.1) is 0 Å². The first-order valence-corrected chi connectivity index (χ1v) is 7.77. The van der Waals surface area contributed by atoms with Gasteiger partial charge in [0.05, 0.1) is 11.1 Å². The molecule has 1 fully saturated rings. The van der Waals surface area contributed by atoms with Gasteiger partial charge in [0.2, 0.25) is 0 Å². The van der Waals surface area contributed by atoms with E-state index in [-0.39, 0.29) is 24.9 Å². The van der Waals surface area contributed by atoms with Crippen LogP contribution in [0.3, 0.4) is 0 Å². The van der Waals surface area contributed by atoms with Crippen LogP contribution in [0.2, 0.25) is 0 Å². The van der Waals surface area contributed by atoms with Gasteiger partial charge < -0.3 is 10.6 Å². The second kappa shape index (κ2) is 6.05. The minimum Gasteiger partial charge on any atom is -0.326 e. The standard InChI is InChI=1S/C17H18F3N3O/c1-10-5-6-11-3-2-4-13(15(11)22-10)16(24)23-9-12(21)7-8-14(23)17(18,19)20/h2-6,12,14H,7-9,21H2,1H3/t12-,14-/m1/s1. The first-order chi connectivity index (χ1) is 11.3. The van der Waals surface area contributed by atoms with Crippen molar-refractivity contribution in [3.05, 3.63) is 41.6 Å². The number of aryl methyl sites for hydroxylation is 1. The van der Waals surface area contributed by atoms with Crippen LogP contribution in [0.15, 0.2) is 30.3 Å². The molecule has 2 heterocycles. The van der Waals surface area contributed by atoms with Crippen LogP contribution < -0.4 is 5.73 Å². The highest BCUT2D eigenvalue weighted by molar-refractivity contribution is 6.05. The smallest absolute Gasteiger partial charge is 0.326 e. The minimum atomic E-state index is -4.47. The van der Waals surface area contributed by atoms with Crippen LogP contribution in [0.4, 0.5) is 13.2 Å². The number of nitrogens with zero attached hydrogens (tertiary/aromatic N) is 2. The number of halogens is 3. The van der Waals surface area contributed by atoms with E-state index in [9.17, 15) is 18.0 Å². The fourth-order valence-corrected chi connectivity index (χ4v) is 3.14. The van der Waals surface area contributed by atoms with Gasteiger partial charge >= 0.3 is 6.18 Å². The molecule has 0 radical (unpaired) electrons. The van der Waals surface area contributed by atoms with Gasteiger partial charge in [0.1, 0.15) is 6.04 Å². The van der Waals surface area contributed by atoms with Crippen LogP contribution in [0, 0.1) is 6.92 Å². The normalized spacial score (nSPS) is 22.0. The van der Waals surface area contributed by atoms with Crippen molar-refractivity contribution in [2.45, 2.75) is 38.0 Å². The topological polar surface area (TPSA) is 59.2 Å². The molecule has 0 aliphatic carbocycles. The SMILES string of the molecule is Cc1ccc2cccc(C(=O)N3C[C@H](N)CC[C@@H]3C(F)(F)F)c2n1. The van der Waals surface area contributed by atoms with Crippen molar-refractivity contribution in [1.82, 2.24) is 9.88 Å². The van der Waals surface area contributed by atoms with E-state index in [0.29, 0.717) is 11.2 Å². The molecule has 2 aromatic rings. The maximum atomic E-state index is 13.3. The van der Waals surface area contributed by atoms with Crippen molar-refractivity contribution in [3.8, 4) is 0 Å². The predicted molar refractivity (Wildman–Crippen MR) is 84.6 cm³/mol. The number of aromatic nitrogens is 1.